The third kappa shape index (κ3) is 4.26. The first-order valence-corrected chi connectivity index (χ1v) is 10.6. The average molecular weight is 397 g/mol. The van der Waals surface area contributed by atoms with Gasteiger partial charge >= 0.3 is 0 Å². The van der Waals surface area contributed by atoms with Gasteiger partial charge in [-0.05, 0) is 38.1 Å². The van der Waals surface area contributed by atoms with Crippen molar-refractivity contribution in [1.29, 1.82) is 0 Å². The molecule has 9 heteroatoms. The lowest BCUT2D eigenvalue weighted by molar-refractivity contribution is 0.0694. The number of morpholine rings is 1. The zero-order valence-corrected chi connectivity index (χ0v) is 16.6. The highest BCUT2D eigenvalue weighted by Gasteiger charge is 2.30. The quantitative estimate of drug-likeness (QED) is 0.780. The molecular weight excluding hydrogens is 370 g/mol. The predicted molar refractivity (Wildman–Crippen MR) is 101 cm³/mol. The number of hydrogen-bond acceptors (Lipinski definition) is 6. The minimum absolute atomic E-state index is 0.107. The molecule has 0 aromatic heterocycles. The molecule has 1 N–H and O–H groups in total. The van der Waals surface area contributed by atoms with Gasteiger partial charge in [0.2, 0.25) is 10.0 Å². The van der Waals surface area contributed by atoms with Gasteiger partial charge in [-0.2, -0.15) is 4.31 Å². The zero-order valence-electron chi connectivity index (χ0n) is 15.8. The molecule has 3 rings (SSSR count). The van der Waals surface area contributed by atoms with Gasteiger partial charge in [0.1, 0.15) is 5.75 Å². The summed E-state index contributed by atoms with van der Waals surface area (Å²) in [4.78, 5) is 15.0. The van der Waals surface area contributed by atoms with Crippen LogP contribution in [0.1, 0.15) is 23.2 Å². The van der Waals surface area contributed by atoms with Crippen LogP contribution in [0.15, 0.2) is 23.1 Å². The van der Waals surface area contributed by atoms with E-state index in [1.54, 1.807) is 11.0 Å². The molecule has 0 aliphatic carbocycles. The van der Waals surface area contributed by atoms with Gasteiger partial charge in [0, 0.05) is 32.2 Å². The third-order valence-electron chi connectivity index (χ3n) is 5.13. The number of methoxy groups -OCH3 is 1. The summed E-state index contributed by atoms with van der Waals surface area (Å²) in [5.41, 5.74) is 0.281. The minimum Gasteiger partial charge on any atom is -0.496 e. The van der Waals surface area contributed by atoms with E-state index in [9.17, 15) is 13.2 Å². The summed E-state index contributed by atoms with van der Waals surface area (Å²) in [5, 5.41) is 3.21. The van der Waals surface area contributed by atoms with Gasteiger partial charge in [0.15, 0.2) is 0 Å². The van der Waals surface area contributed by atoms with Crippen molar-refractivity contribution < 1.29 is 22.7 Å². The standard InChI is InChI=1S/C18H27N3O5S/c1-19-14-4-3-7-20(13-14)18(22)16-12-15(5-6-17(16)25-2)27(23,24)21-8-10-26-11-9-21/h5-6,12,14,19H,3-4,7-11,13H2,1-2H3. The molecule has 2 fully saturated rings. The van der Waals surface area contributed by atoms with Crippen molar-refractivity contribution >= 4 is 15.9 Å². The van der Waals surface area contributed by atoms with Gasteiger partial charge in [-0.3, -0.25) is 4.79 Å². The smallest absolute Gasteiger partial charge is 0.257 e. The number of nitrogens with zero attached hydrogens (tertiary/aromatic N) is 2. The summed E-state index contributed by atoms with van der Waals surface area (Å²) in [6, 6.07) is 4.73. The molecule has 2 saturated heterocycles. The molecule has 0 radical (unpaired) electrons. The lowest BCUT2D eigenvalue weighted by atomic mass is 10.0. The second-order valence-corrected chi connectivity index (χ2v) is 8.70. The first-order chi connectivity index (χ1) is 13.0. The van der Waals surface area contributed by atoms with Crippen molar-refractivity contribution in [3.05, 3.63) is 23.8 Å². The van der Waals surface area contributed by atoms with Crippen LogP contribution in [-0.4, -0.2) is 83.1 Å². The maximum absolute atomic E-state index is 13.1. The number of benzene rings is 1. The van der Waals surface area contributed by atoms with Crippen LogP contribution < -0.4 is 10.1 Å². The van der Waals surface area contributed by atoms with E-state index >= 15 is 0 Å². The van der Waals surface area contributed by atoms with Crippen LogP contribution in [0, 0.1) is 0 Å². The number of carbonyl (C=O) groups is 1. The molecule has 27 heavy (non-hydrogen) atoms. The fourth-order valence-electron chi connectivity index (χ4n) is 3.52. The van der Waals surface area contributed by atoms with Crippen LogP contribution in [0.25, 0.3) is 0 Å². The molecule has 2 aliphatic rings. The Balaban J connectivity index is 1.90. The lowest BCUT2D eigenvalue weighted by Gasteiger charge is -2.33. The van der Waals surface area contributed by atoms with E-state index in [4.69, 9.17) is 9.47 Å². The molecule has 8 nitrogen and oxygen atoms in total. The monoisotopic (exact) mass is 397 g/mol. The first kappa shape index (κ1) is 20.1. The predicted octanol–water partition coefficient (Wildman–Crippen LogP) is 0.540. The molecule has 2 aliphatic heterocycles. The summed E-state index contributed by atoms with van der Waals surface area (Å²) in [6.45, 7) is 2.63. The second-order valence-electron chi connectivity index (χ2n) is 6.76. The van der Waals surface area contributed by atoms with Crippen molar-refractivity contribution in [3.63, 3.8) is 0 Å². The highest BCUT2D eigenvalue weighted by atomic mass is 32.2. The Labute approximate surface area is 160 Å². The molecule has 0 spiro atoms. The average Bonchev–Trinajstić information content (AvgIpc) is 2.73. The maximum atomic E-state index is 13.1. The van der Waals surface area contributed by atoms with E-state index in [0.29, 0.717) is 45.1 Å². The number of hydrogen-bond donors (Lipinski definition) is 1. The number of amides is 1. The molecule has 1 amide bonds. The van der Waals surface area contributed by atoms with Crippen LogP contribution >= 0.6 is 0 Å². The van der Waals surface area contributed by atoms with Crippen molar-refractivity contribution in [2.75, 3.05) is 53.6 Å². The fourth-order valence-corrected chi connectivity index (χ4v) is 4.95. The number of sulfonamides is 1. The van der Waals surface area contributed by atoms with Crippen molar-refractivity contribution in [3.8, 4) is 5.75 Å². The molecule has 0 saturated carbocycles. The van der Waals surface area contributed by atoms with E-state index in [1.807, 2.05) is 7.05 Å². The number of likely N-dealkylation sites (N-methyl/N-ethyl adjacent to an activating group) is 1. The molecule has 1 aromatic rings. The molecule has 150 valence electrons. The van der Waals surface area contributed by atoms with Crippen LogP contribution in [0.2, 0.25) is 0 Å². The van der Waals surface area contributed by atoms with Gasteiger partial charge in [0.25, 0.3) is 5.91 Å². The Morgan fingerprint density at radius 2 is 2.00 bits per heavy atom. The lowest BCUT2D eigenvalue weighted by Crippen LogP contribution is -2.47. The third-order valence-corrected chi connectivity index (χ3v) is 7.02. The number of likely N-dealkylation sites (tertiary alicyclic amines) is 1. The Bertz CT molecular complexity index is 777. The highest BCUT2D eigenvalue weighted by Crippen LogP contribution is 2.27. The Morgan fingerprint density at radius 1 is 1.26 bits per heavy atom. The van der Waals surface area contributed by atoms with Crippen molar-refractivity contribution in [2.24, 2.45) is 0 Å². The largest absolute Gasteiger partial charge is 0.496 e. The van der Waals surface area contributed by atoms with Gasteiger partial charge in [-0.15, -0.1) is 0 Å². The Hall–Kier alpha value is -1.68. The summed E-state index contributed by atoms with van der Waals surface area (Å²) >= 11 is 0. The van der Waals surface area contributed by atoms with Crippen molar-refractivity contribution in [1.82, 2.24) is 14.5 Å². The highest BCUT2D eigenvalue weighted by molar-refractivity contribution is 7.89. The summed E-state index contributed by atoms with van der Waals surface area (Å²) in [5.74, 6) is 0.179. The Morgan fingerprint density at radius 3 is 2.67 bits per heavy atom. The number of rotatable bonds is 5. The maximum Gasteiger partial charge on any atom is 0.257 e. The number of carbonyl (C=O) groups excluding carboxylic acids is 1. The normalized spacial score (nSPS) is 21.9. The van der Waals surface area contributed by atoms with Gasteiger partial charge < -0.3 is 19.7 Å². The van der Waals surface area contributed by atoms with E-state index in [2.05, 4.69) is 5.32 Å². The summed E-state index contributed by atoms with van der Waals surface area (Å²) in [7, 11) is -0.310. The van der Waals surface area contributed by atoms with Gasteiger partial charge in [-0.1, -0.05) is 0 Å². The van der Waals surface area contributed by atoms with Crippen LogP contribution in [0.5, 0.6) is 5.75 Å². The second kappa shape index (κ2) is 8.55. The summed E-state index contributed by atoms with van der Waals surface area (Å²) < 4.78 is 37.8. The number of ether oxygens (including phenoxy) is 2. The summed E-state index contributed by atoms with van der Waals surface area (Å²) in [6.07, 6.45) is 1.92. The molecule has 0 bridgehead atoms. The van der Waals surface area contributed by atoms with Gasteiger partial charge in [0.05, 0.1) is 30.8 Å². The Kier molecular flexibility index (Phi) is 6.36. The van der Waals surface area contributed by atoms with Crippen molar-refractivity contribution in [2.45, 2.75) is 23.8 Å². The van der Waals surface area contributed by atoms with Crippen LogP contribution in [0.3, 0.4) is 0 Å². The van der Waals surface area contributed by atoms with E-state index in [-0.39, 0.29) is 22.4 Å². The molecule has 1 unspecified atom stereocenters. The molecule has 2 heterocycles. The number of nitrogens with one attached hydrogen (secondary N) is 1. The molecular formula is C18H27N3O5S. The van der Waals surface area contributed by atoms with Crippen LogP contribution in [-0.2, 0) is 14.8 Å². The fraction of sp³-hybridized carbons (Fsp3) is 0.611. The van der Waals surface area contributed by atoms with E-state index in [0.717, 1.165) is 12.8 Å². The SMILES string of the molecule is CNC1CCCN(C(=O)c2cc(S(=O)(=O)N3CCOCC3)ccc2OC)C1. The first-order valence-electron chi connectivity index (χ1n) is 9.20. The van der Waals surface area contributed by atoms with E-state index in [1.165, 1.54) is 23.5 Å². The van der Waals surface area contributed by atoms with Gasteiger partial charge in [-0.25, -0.2) is 8.42 Å². The topological polar surface area (TPSA) is 88.2 Å². The minimum atomic E-state index is -3.67. The van der Waals surface area contributed by atoms with Crippen LogP contribution in [0.4, 0.5) is 0 Å². The molecule has 1 atom stereocenters. The molecule has 1 aromatic carbocycles. The zero-order chi connectivity index (χ0) is 19.4. The van der Waals surface area contributed by atoms with E-state index < -0.39 is 10.0 Å². The number of piperidine rings is 1.